The maximum absolute atomic E-state index is 8.89. The zero-order valence-electron chi connectivity index (χ0n) is 8.57. The van der Waals surface area contributed by atoms with Crippen molar-refractivity contribution in [3.63, 3.8) is 0 Å². The van der Waals surface area contributed by atoms with Gasteiger partial charge in [0.1, 0.15) is 11.8 Å². The van der Waals surface area contributed by atoms with Gasteiger partial charge in [0, 0.05) is 12.1 Å². The Balaban J connectivity index is 3.10. The average Bonchev–Trinajstić information content (AvgIpc) is 2.19. The maximum atomic E-state index is 8.89. The molecule has 3 nitrogen and oxygen atoms in total. The molecule has 0 aliphatic heterocycles. The van der Waals surface area contributed by atoms with Crippen molar-refractivity contribution in [1.29, 1.82) is 5.26 Å². The third kappa shape index (κ3) is 2.09. The Labute approximate surface area is 84.6 Å². The lowest BCUT2D eigenvalue weighted by atomic mass is 9.88. The zero-order valence-corrected chi connectivity index (χ0v) is 8.57. The molecule has 0 radical (unpaired) electrons. The number of aromatic nitrogens is 1. The second kappa shape index (κ2) is 4.73. The van der Waals surface area contributed by atoms with Crippen LogP contribution in [0.4, 0.5) is 0 Å². The molecule has 0 saturated carbocycles. The van der Waals surface area contributed by atoms with Gasteiger partial charge in [0.25, 0.3) is 0 Å². The average molecular weight is 189 g/mol. The van der Waals surface area contributed by atoms with Gasteiger partial charge in [-0.2, -0.15) is 5.26 Å². The molecule has 2 N–H and O–H groups in total. The molecular formula is C11H15N3. The summed E-state index contributed by atoms with van der Waals surface area (Å²) in [5, 5.41) is 8.89. The van der Waals surface area contributed by atoms with Gasteiger partial charge < -0.3 is 5.73 Å². The van der Waals surface area contributed by atoms with Gasteiger partial charge in [-0.15, -0.1) is 0 Å². The van der Waals surface area contributed by atoms with Crippen LogP contribution in [0.3, 0.4) is 0 Å². The number of hydrogen-bond donors (Lipinski definition) is 1. The first-order chi connectivity index (χ1) is 6.70. The Hall–Kier alpha value is -1.40. The highest BCUT2D eigenvalue weighted by Gasteiger charge is 2.17. The van der Waals surface area contributed by atoms with E-state index in [1.165, 1.54) is 0 Å². The Bertz CT molecular complexity index is 339. The highest BCUT2D eigenvalue weighted by molar-refractivity contribution is 5.34. The van der Waals surface area contributed by atoms with Crippen LogP contribution in [0.25, 0.3) is 0 Å². The predicted octanol–water partition coefficient (Wildman–Crippen LogP) is 1.65. The number of hydrogen-bond acceptors (Lipinski definition) is 3. The van der Waals surface area contributed by atoms with Crippen molar-refractivity contribution in [3.8, 4) is 6.07 Å². The minimum absolute atomic E-state index is 0.221. The van der Waals surface area contributed by atoms with E-state index in [1.807, 2.05) is 12.1 Å². The lowest BCUT2D eigenvalue weighted by molar-refractivity contribution is 0.504. The minimum Gasteiger partial charge on any atom is -0.330 e. The van der Waals surface area contributed by atoms with Gasteiger partial charge in [0.15, 0.2) is 0 Å². The molecule has 0 fully saturated rings. The van der Waals surface area contributed by atoms with E-state index in [0.717, 1.165) is 5.56 Å². The summed E-state index contributed by atoms with van der Waals surface area (Å²) in [7, 11) is 0. The first-order valence-corrected chi connectivity index (χ1v) is 4.75. The van der Waals surface area contributed by atoms with Crippen LogP contribution in [0.1, 0.15) is 31.0 Å². The van der Waals surface area contributed by atoms with Crippen molar-refractivity contribution >= 4 is 0 Å². The molecule has 14 heavy (non-hydrogen) atoms. The molecule has 0 saturated heterocycles. The fourth-order valence-electron chi connectivity index (χ4n) is 1.57. The van der Waals surface area contributed by atoms with Gasteiger partial charge in [-0.05, 0) is 24.1 Å². The summed E-state index contributed by atoms with van der Waals surface area (Å²) in [5.74, 6) is 0.648. The van der Waals surface area contributed by atoms with Crippen molar-refractivity contribution in [2.45, 2.75) is 19.8 Å². The van der Waals surface area contributed by atoms with Crippen molar-refractivity contribution in [3.05, 3.63) is 29.6 Å². The number of nitrogens with two attached hydrogens (primary N) is 1. The quantitative estimate of drug-likeness (QED) is 0.786. The highest BCUT2D eigenvalue weighted by Crippen LogP contribution is 2.24. The van der Waals surface area contributed by atoms with E-state index in [-0.39, 0.29) is 5.92 Å². The molecule has 74 valence electrons. The van der Waals surface area contributed by atoms with Crippen LogP contribution < -0.4 is 5.73 Å². The molecule has 1 aromatic heterocycles. The summed E-state index contributed by atoms with van der Waals surface area (Å²) in [4.78, 5) is 4.03. The summed E-state index contributed by atoms with van der Waals surface area (Å²) in [6, 6.07) is 5.88. The number of nitriles is 1. The van der Waals surface area contributed by atoms with Crippen LogP contribution in [-0.2, 0) is 0 Å². The van der Waals surface area contributed by atoms with E-state index >= 15 is 0 Å². The smallest absolute Gasteiger partial charge is 0.143 e. The predicted molar refractivity (Wildman–Crippen MR) is 55.6 cm³/mol. The van der Waals surface area contributed by atoms with Crippen molar-refractivity contribution in [2.24, 2.45) is 11.7 Å². The van der Waals surface area contributed by atoms with Crippen LogP contribution in [0, 0.1) is 17.2 Å². The maximum Gasteiger partial charge on any atom is 0.143 e. The van der Waals surface area contributed by atoms with Crippen LogP contribution in [0.15, 0.2) is 18.3 Å². The largest absolute Gasteiger partial charge is 0.330 e. The van der Waals surface area contributed by atoms with Gasteiger partial charge in [0.05, 0.1) is 0 Å². The molecule has 1 atom stereocenters. The third-order valence-electron chi connectivity index (χ3n) is 2.40. The monoisotopic (exact) mass is 189 g/mol. The molecule has 3 heteroatoms. The number of nitrogens with zero attached hydrogens (tertiary/aromatic N) is 2. The molecule has 1 heterocycles. The molecule has 1 unspecified atom stereocenters. The number of pyridine rings is 1. The second-order valence-electron chi connectivity index (χ2n) is 3.64. The molecule has 0 spiro atoms. The highest BCUT2D eigenvalue weighted by atomic mass is 14.7. The SMILES string of the molecule is CC(C)C(CN)c1cccnc1C#N. The van der Waals surface area contributed by atoms with Crippen molar-refractivity contribution in [1.82, 2.24) is 4.98 Å². The summed E-state index contributed by atoms with van der Waals surface area (Å²) in [6.45, 7) is 4.76. The van der Waals surface area contributed by atoms with Gasteiger partial charge >= 0.3 is 0 Å². The summed E-state index contributed by atoms with van der Waals surface area (Å²) >= 11 is 0. The fourth-order valence-corrected chi connectivity index (χ4v) is 1.57. The first-order valence-electron chi connectivity index (χ1n) is 4.75. The third-order valence-corrected chi connectivity index (χ3v) is 2.40. The molecule has 1 aromatic rings. The standard InChI is InChI=1S/C11H15N3/c1-8(2)10(6-12)9-4-3-5-14-11(9)7-13/h3-5,8,10H,6,12H2,1-2H3. The Morgan fingerprint density at radius 3 is 2.79 bits per heavy atom. The zero-order chi connectivity index (χ0) is 10.6. The molecule has 0 bridgehead atoms. The Morgan fingerprint density at radius 1 is 1.57 bits per heavy atom. The van der Waals surface area contributed by atoms with E-state index in [2.05, 4.69) is 24.9 Å². The molecule has 0 aliphatic rings. The molecular weight excluding hydrogens is 174 g/mol. The normalized spacial score (nSPS) is 12.5. The van der Waals surface area contributed by atoms with Crippen LogP contribution in [-0.4, -0.2) is 11.5 Å². The van der Waals surface area contributed by atoms with Crippen LogP contribution >= 0.6 is 0 Å². The lowest BCUT2D eigenvalue weighted by Gasteiger charge is -2.19. The van der Waals surface area contributed by atoms with Gasteiger partial charge in [-0.1, -0.05) is 19.9 Å². The summed E-state index contributed by atoms with van der Waals surface area (Å²) in [6.07, 6.45) is 1.63. The Kier molecular flexibility index (Phi) is 3.61. The topological polar surface area (TPSA) is 62.7 Å². The van der Waals surface area contributed by atoms with E-state index in [4.69, 9.17) is 11.0 Å². The fraction of sp³-hybridized carbons (Fsp3) is 0.455. The van der Waals surface area contributed by atoms with E-state index < -0.39 is 0 Å². The molecule has 0 aliphatic carbocycles. The van der Waals surface area contributed by atoms with E-state index in [1.54, 1.807) is 6.20 Å². The molecule has 0 aromatic carbocycles. The van der Waals surface area contributed by atoms with Crippen LogP contribution in [0.5, 0.6) is 0 Å². The molecule has 1 rings (SSSR count). The van der Waals surface area contributed by atoms with Gasteiger partial charge in [-0.25, -0.2) is 4.98 Å². The van der Waals surface area contributed by atoms with Crippen molar-refractivity contribution in [2.75, 3.05) is 6.54 Å². The van der Waals surface area contributed by atoms with Gasteiger partial charge in [0.2, 0.25) is 0 Å². The van der Waals surface area contributed by atoms with E-state index in [0.29, 0.717) is 18.2 Å². The Morgan fingerprint density at radius 2 is 2.29 bits per heavy atom. The molecule has 0 amide bonds. The van der Waals surface area contributed by atoms with Crippen LogP contribution in [0.2, 0.25) is 0 Å². The number of rotatable bonds is 3. The first kappa shape index (κ1) is 10.7. The second-order valence-corrected chi connectivity index (χ2v) is 3.64. The van der Waals surface area contributed by atoms with Crippen molar-refractivity contribution < 1.29 is 0 Å². The minimum atomic E-state index is 0.221. The van der Waals surface area contributed by atoms with Gasteiger partial charge in [-0.3, -0.25) is 0 Å². The van der Waals surface area contributed by atoms with E-state index in [9.17, 15) is 0 Å². The summed E-state index contributed by atoms with van der Waals surface area (Å²) < 4.78 is 0. The summed E-state index contributed by atoms with van der Waals surface area (Å²) in [5.41, 5.74) is 7.15. The lowest BCUT2D eigenvalue weighted by Crippen LogP contribution is -2.19.